The Kier molecular flexibility index (Phi) is 8.64. The van der Waals surface area contributed by atoms with Crippen molar-refractivity contribution < 1.29 is 9.47 Å². The van der Waals surface area contributed by atoms with Gasteiger partial charge in [-0.3, -0.25) is 4.99 Å². The molecular formula is C15H32N4O2. The summed E-state index contributed by atoms with van der Waals surface area (Å²) < 4.78 is 10.8. The third-order valence-corrected chi connectivity index (χ3v) is 3.99. The summed E-state index contributed by atoms with van der Waals surface area (Å²) in [5.74, 6) is 0.866. The van der Waals surface area contributed by atoms with Crippen molar-refractivity contribution in [3.05, 3.63) is 0 Å². The maximum Gasteiger partial charge on any atom is 0.191 e. The van der Waals surface area contributed by atoms with Crippen molar-refractivity contribution in [2.24, 2.45) is 4.99 Å². The SMILES string of the molecule is CCNC(=NCC1(N(C)C)CCOCC1)NCCOCC. The van der Waals surface area contributed by atoms with Gasteiger partial charge in [0.2, 0.25) is 0 Å². The number of hydrogen-bond donors (Lipinski definition) is 2. The van der Waals surface area contributed by atoms with Gasteiger partial charge in [-0.05, 0) is 40.8 Å². The third kappa shape index (κ3) is 6.20. The largest absolute Gasteiger partial charge is 0.381 e. The van der Waals surface area contributed by atoms with Crippen LogP contribution in [-0.4, -0.2) is 76.6 Å². The minimum absolute atomic E-state index is 0.112. The molecule has 1 saturated heterocycles. The number of nitrogens with one attached hydrogen (secondary N) is 2. The number of likely N-dealkylation sites (N-methyl/N-ethyl adjacent to an activating group) is 1. The average molecular weight is 300 g/mol. The molecule has 0 bridgehead atoms. The van der Waals surface area contributed by atoms with Gasteiger partial charge in [0.25, 0.3) is 0 Å². The highest BCUT2D eigenvalue weighted by Gasteiger charge is 2.34. The summed E-state index contributed by atoms with van der Waals surface area (Å²) in [6.07, 6.45) is 2.06. The summed E-state index contributed by atoms with van der Waals surface area (Å²) >= 11 is 0. The Bertz CT molecular complexity index is 302. The molecule has 6 nitrogen and oxygen atoms in total. The molecule has 0 aromatic heterocycles. The van der Waals surface area contributed by atoms with Crippen LogP contribution in [0.4, 0.5) is 0 Å². The number of guanidine groups is 1. The van der Waals surface area contributed by atoms with Gasteiger partial charge in [-0.2, -0.15) is 0 Å². The molecule has 0 spiro atoms. The van der Waals surface area contributed by atoms with Gasteiger partial charge in [-0.1, -0.05) is 0 Å². The fraction of sp³-hybridized carbons (Fsp3) is 0.933. The number of nitrogens with zero attached hydrogens (tertiary/aromatic N) is 2. The number of hydrogen-bond acceptors (Lipinski definition) is 4. The molecule has 1 rings (SSSR count). The van der Waals surface area contributed by atoms with E-state index in [1.807, 2.05) is 6.92 Å². The second kappa shape index (κ2) is 9.97. The van der Waals surface area contributed by atoms with Crippen molar-refractivity contribution in [3.63, 3.8) is 0 Å². The van der Waals surface area contributed by atoms with Crippen molar-refractivity contribution in [3.8, 4) is 0 Å². The van der Waals surface area contributed by atoms with Crippen LogP contribution in [0.3, 0.4) is 0 Å². The maximum absolute atomic E-state index is 5.50. The Balaban J connectivity index is 2.56. The number of ether oxygens (including phenoxy) is 2. The second-order valence-electron chi connectivity index (χ2n) is 5.55. The van der Waals surface area contributed by atoms with Crippen LogP contribution in [-0.2, 0) is 9.47 Å². The average Bonchev–Trinajstić information content (AvgIpc) is 2.50. The minimum atomic E-state index is 0.112. The lowest BCUT2D eigenvalue weighted by Gasteiger charge is -2.41. The maximum atomic E-state index is 5.50. The van der Waals surface area contributed by atoms with Crippen molar-refractivity contribution >= 4 is 5.96 Å². The molecule has 0 unspecified atom stereocenters. The van der Waals surface area contributed by atoms with Gasteiger partial charge < -0.3 is 25.0 Å². The fourth-order valence-corrected chi connectivity index (χ4v) is 2.45. The molecule has 0 saturated carbocycles. The number of aliphatic imine (C=N–C) groups is 1. The van der Waals surface area contributed by atoms with Crippen LogP contribution >= 0.6 is 0 Å². The van der Waals surface area contributed by atoms with Crippen molar-refractivity contribution in [2.75, 3.05) is 60.2 Å². The summed E-state index contributed by atoms with van der Waals surface area (Å²) in [6, 6.07) is 0. The second-order valence-corrected chi connectivity index (χ2v) is 5.55. The number of rotatable bonds is 8. The van der Waals surface area contributed by atoms with Crippen molar-refractivity contribution in [2.45, 2.75) is 32.2 Å². The first kappa shape index (κ1) is 18.2. The van der Waals surface area contributed by atoms with E-state index in [-0.39, 0.29) is 5.54 Å². The van der Waals surface area contributed by atoms with Gasteiger partial charge in [0.15, 0.2) is 5.96 Å². The Morgan fingerprint density at radius 1 is 1.24 bits per heavy atom. The molecule has 0 aromatic carbocycles. The smallest absolute Gasteiger partial charge is 0.191 e. The van der Waals surface area contributed by atoms with Gasteiger partial charge >= 0.3 is 0 Å². The molecule has 2 N–H and O–H groups in total. The highest BCUT2D eigenvalue weighted by atomic mass is 16.5. The van der Waals surface area contributed by atoms with E-state index >= 15 is 0 Å². The van der Waals surface area contributed by atoms with Gasteiger partial charge in [0.05, 0.1) is 13.2 Å². The van der Waals surface area contributed by atoms with E-state index in [0.717, 1.165) is 58.3 Å². The third-order valence-electron chi connectivity index (χ3n) is 3.99. The molecule has 21 heavy (non-hydrogen) atoms. The standard InChI is InChI=1S/C15H32N4O2/c1-5-16-14(17-9-12-20-6-2)18-13-15(19(3)4)7-10-21-11-8-15/h5-13H2,1-4H3,(H2,16,17,18). The van der Waals surface area contributed by atoms with Gasteiger partial charge in [-0.25, -0.2) is 0 Å². The van der Waals surface area contributed by atoms with Crippen LogP contribution in [0.1, 0.15) is 26.7 Å². The Morgan fingerprint density at radius 2 is 1.95 bits per heavy atom. The monoisotopic (exact) mass is 300 g/mol. The molecule has 1 aliphatic rings. The van der Waals surface area contributed by atoms with Crippen LogP contribution in [0.5, 0.6) is 0 Å². The topological polar surface area (TPSA) is 58.1 Å². The highest BCUT2D eigenvalue weighted by molar-refractivity contribution is 5.79. The Hall–Kier alpha value is -0.850. The Morgan fingerprint density at radius 3 is 2.52 bits per heavy atom. The van der Waals surface area contributed by atoms with Crippen molar-refractivity contribution in [1.29, 1.82) is 0 Å². The lowest BCUT2D eigenvalue weighted by molar-refractivity contribution is -0.00255. The molecule has 1 heterocycles. The van der Waals surface area contributed by atoms with Gasteiger partial charge in [0.1, 0.15) is 0 Å². The summed E-state index contributed by atoms with van der Waals surface area (Å²) in [4.78, 5) is 7.06. The van der Waals surface area contributed by atoms with E-state index in [1.54, 1.807) is 0 Å². The first-order chi connectivity index (χ1) is 10.1. The fourth-order valence-electron chi connectivity index (χ4n) is 2.45. The molecule has 6 heteroatoms. The van der Waals surface area contributed by atoms with E-state index in [1.165, 1.54) is 0 Å². The van der Waals surface area contributed by atoms with Crippen LogP contribution in [0.25, 0.3) is 0 Å². The predicted octanol–water partition coefficient (Wildman–Crippen LogP) is 0.689. The van der Waals surface area contributed by atoms with E-state index < -0.39 is 0 Å². The van der Waals surface area contributed by atoms with E-state index in [4.69, 9.17) is 14.5 Å². The first-order valence-corrected chi connectivity index (χ1v) is 7.99. The lowest BCUT2D eigenvalue weighted by Crippen LogP contribution is -2.51. The Labute approximate surface area is 129 Å². The molecular weight excluding hydrogens is 268 g/mol. The van der Waals surface area contributed by atoms with E-state index in [9.17, 15) is 0 Å². The van der Waals surface area contributed by atoms with Crippen molar-refractivity contribution in [1.82, 2.24) is 15.5 Å². The lowest BCUT2D eigenvalue weighted by atomic mass is 9.89. The van der Waals surface area contributed by atoms with Gasteiger partial charge in [-0.15, -0.1) is 0 Å². The van der Waals surface area contributed by atoms with Crippen LogP contribution < -0.4 is 10.6 Å². The van der Waals surface area contributed by atoms with E-state index in [0.29, 0.717) is 6.61 Å². The first-order valence-electron chi connectivity index (χ1n) is 7.99. The quantitative estimate of drug-likeness (QED) is 0.392. The molecule has 0 aliphatic carbocycles. The highest BCUT2D eigenvalue weighted by Crippen LogP contribution is 2.26. The van der Waals surface area contributed by atoms with Gasteiger partial charge in [0, 0.05) is 38.4 Å². The molecule has 0 radical (unpaired) electrons. The summed E-state index contributed by atoms with van der Waals surface area (Å²) in [5.41, 5.74) is 0.112. The zero-order valence-corrected chi connectivity index (χ0v) is 14.1. The van der Waals surface area contributed by atoms with Crippen LogP contribution in [0, 0.1) is 0 Å². The summed E-state index contributed by atoms with van der Waals surface area (Å²) in [5, 5.41) is 6.60. The molecule has 124 valence electrons. The molecule has 1 fully saturated rings. The summed E-state index contributed by atoms with van der Waals surface area (Å²) in [7, 11) is 4.27. The normalized spacial score (nSPS) is 18.8. The molecule has 0 aromatic rings. The van der Waals surface area contributed by atoms with E-state index in [2.05, 4.69) is 36.6 Å². The predicted molar refractivity (Wildman–Crippen MR) is 86.9 cm³/mol. The zero-order valence-electron chi connectivity index (χ0n) is 14.1. The summed E-state index contributed by atoms with van der Waals surface area (Å²) in [6.45, 7) is 9.60. The molecule has 1 aliphatic heterocycles. The zero-order chi connectivity index (χ0) is 15.6. The van der Waals surface area contributed by atoms with Crippen LogP contribution in [0.2, 0.25) is 0 Å². The van der Waals surface area contributed by atoms with Crippen LogP contribution in [0.15, 0.2) is 4.99 Å². The molecule has 0 atom stereocenters. The minimum Gasteiger partial charge on any atom is -0.381 e. The molecule has 0 amide bonds.